The van der Waals surface area contributed by atoms with Crippen molar-refractivity contribution < 1.29 is 4.21 Å². The van der Waals surface area contributed by atoms with Crippen LogP contribution in [0.1, 0.15) is 18.1 Å². The molecule has 2 heteroatoms. The van der Waals surface area contributed by atoms with E-state index in [1.165, 1.54) is 22.3 Å². The molecule has 3 rings (SSSR count). The van der Waals surface area contributed by atoms with Crippen LogP contribution in [0.2, 0.25) is 0 Å². The van der Waals surface area contributed by atoms with Crippen molar-refractivity contribution in [1.29, 1.82) is 0 Å². The first-order valence-electron chi connectivity index (χ1n) is 5.68. The lowest BCUT2D eigenvalue weighted by Gasteiger charge is -2.24. The topological polar surface area (TPSA) is 17.1 Å². The molecule has 0 saturated heterocycles. The zero-order valence-electron chi connectivity index (χ0n) is 9.94. The lowest BCUT2D eigenvalue weighted by atomic mass is 9.98. The largest absolute Gasteiger partial charge is 0.259 e. The first-order chi connectivity index (χ1) is 8.15. The molecular formula is C15H14OS. The maximum Gasteiger partial charge on any atom is 0.0936 e. The van der Waals surface area contributed by atoms with Crippen molar-refractivity contribution >= 4 is 10.8 Å². The minimum atomic E-state index is -0.929. The molecule has 0 N–H and O–H groups in total. The van der Waals surface area contributed by atoms with Crippen LogP contribution >= 0.6 is 0 Å². The van der Waals surface area contributed by atoms with Crippen molar-refractivity contribution in [3.8, 4) is 11.1 Å². The number of hydrogen-bond acceptors (Lipinski definition) is 1. The van der Waals surface area contributed by atoms with Crippen molar-refractivity contribution in [1.82, 2.24) is 0 Å². The smallest absolute Gasteiger partial charge is 0.0936 e. The molecule has 0 amide bonds. The second-order valence-electron chi connectivity index (χ2n) is 4.58. The van der Waals surface area contributed by atoms with Gasteiger partial charge in [0.15, 0.2) is 0 Å². The van der Waals surface area contributed by atoms with Gasteiger partial charge in [0, 0.05) is 17.1 Å². The second-order valence-corrected chi connectivity index (χ2v) is 6.30. The quantitative estimate of drug-likeness (QED) is 0.750. The van der Waals surface area contributed by atoms with Crippen LogP contribution < -0.4 is 0 Å². The molecule has 17 heavy (non-hydrogen) atoms. The van der Waals surface area contributed by atoms with Crippen LogP contribution in [0.3, 0.4) is 0 Å². The van der Waals surface area contributed by atoms with E-state index < -0.39 is 10.8 Å². The number of hydrogen-bond donors (Lipinski definition) is 0. The van der Waals surface area contributed by atoms with Gasteiger partial charge in [0.05, 0.1) is 4.75 Å². The molecule has 0 aliphatic heterocycles. The standard InChI is InChI=1S/C15H14OS/c1-15(17(2)16)13-9-5-3-7-11(13)12-8-4-6-10-14(12)15/h3-10H,1-2H3. The highest BCUT2D eigenvalue weighted by Gasteiger charge is 2.41. The molecule has 0 heterocycles. The van der Waals surface area contributed by atoms with Gasteiger partial charge in [-0.25, -0.2) is 0 Å². The van der Waals surface area contributed by atoms with E-state index in [9.17, 15) is 4.21 Å². The Kier molecular flexibility index (Phi) is 2.23. The molecule has 0 spiro atoms. The average Bonchev–Trinajstić information content (AvgIpc) is 2.63. The van der Waals surface area contributed by atoms with Gasteiger partial charge in [-0.1, -0.05) is 48.5 Å². The van der Waals surface area contributed by atoms with Crippen LogP contribution in [-0.4, -0.2) is 10.5 Å². The maximum atomic E-state index is 12.2. The molecule has 0 fully saturated rings. The minimum Gasteiger partial charge on any atom is -0.259 e. The van der Waals surface area contributed by atoms with E-state index in [2.05, 4.69) is 31.2 Å². The van der Waals surface area contributed by atoms with E-state index in [0.29, 0.717) is 0 Å². The van der Waals surface area contributed by atoms with Gasteiger partial charge in [0.1, 0.15) is 0 Å². The first-order valence-corrected chi connectivity index (χ1v) is 7.24. The summed E-state index contributed by atoms with van der Waals surface area (Å²) < 4.78 is 11.8. The lowest BCUT2D eigenvalue weighted by molar-refractivity contribution is 0.663. The summed E-state index contributed by atoms with van der Waals surface area (Å²) in [6, 6.07) is 16.6. The predicted octanol–water partition coefficient (Wildman–Crippen LogP) is 3.31. The van der Waals surface area contributed by atoms with Crippen molar-refractivity contribution in [3.05, 3.63) is 59.7 Å². The Morgan fingerprint density at radius 3 is 1.71 bits per heavy atom. The third-order valence-electron chi connectivity index (χ3n) is 3.75. The fraction of sp³-hybridized carbons (Fsp3) is 0.200. The van der Waals surface area contributed by atoms with Crippen molar-refractivity contribution in [3.63, 3.8) is 0 Å². The van der Waals surface area contributed by atoms with Crippen LogP contribution in [-0.2, 0) is 15.5 Å². The van der Waals surface area contributed by atoms with E-state index in [1.54, 1.807) is 6.26 Å². The molecule has 2 aromatic carbocycles. The van der Waals surface area contributed by atoms with Crippen molar-refractivity contribution in [2.24, 2.45) is 0 Å². The number of rotatable bonds is 1. The van der Waals surface area contributed by atoms with Gasteiger partial charge in [-0.05, 0) is 29.2 Å². The summed E-state index contributed by atoms with van der Waals surface area (Å²) in [7, 11) is -0.929. The van der Waals surface area contributed by atoms with Crippen LogP contribution in [0.4, 0.5) is 0 Å². The predicted molar refractivity (Wildman–Crippen MR) is 72.4 cm³/mol. The van der Waals surface area contributed by atoms with Crippen LogP contribution in [0.5, 0.6) is 0 Å². The Morgan fingerprint density at radius 1 is 0.882 bits per heavy atom. The van der Waals surface area contributed by atoms with E-state index in [0.717, 1.165) is 0 Å². The van der Waals surface area contributed by atoms with Gasteiger partial charge in [-0.2, -0.15) is 0 Å². The van der Waals surface area contributed by atoms with Gasteiger partial charge in [0.25, 0.3) is 0 Å². The third-order valence-corrected chi connectivity index (χ3v) is 5.34. The zero-order valence-corrected chi connectivity index (χ0v) is 10.8. The van der Waals surface area contributed by atoms with Crippen LogP contribution in [0.15, 0.2) is 48.5 Å². The molecule has 0 bridgehead atoms. The summed E-state index contributed by atoms with van der Waals surface area (Å²) in [6.07, 6.45) is 1.79. The molecular weight excluding hydrogens is 228 g/mol. The molecule has 1 aliphatic carbocycles. The molecule has 1 atom stereocenters. The number of fused-ring (bicyclic) bond motifs is 3. The Labute approximate surface area is 104 Å². The lowest BCUT2D eigenvalue weighted by Crippen LogP contribution is -2.25. The molecule has 0 saturated carbocycles. The Morgan fingerprint density at radius 2 is 1.29 bits per heavy atom. The number of benzene rings is 2. The maximum absolute atomic E-state index is 12.2. The van der Waals surface area contributed by atoms with E-state index in [-0.39, 0.29) is 4.75 Å². The molecule has 0 aromatic heterocycles. The highest BCUT2D eigenvalue weighted by molar-refractivity contribution is 7.85. The average molecular weight is 242 g/mol. The van der Waals surface area contributed by atoms with Crippen LogP contribution in [0.25, 0.3) is 11.1 Å². The SMILES string of the molecule is CS(=O)C1(C)c2ccccc2-c2ccccc21. The second kappa shape index (κ2) is 3.54. The molecule has 2 aromatic rings. The summed E-state index contributed by atoms with van der Waals surface area (Å²) in [5, 5.41) is 0. The highest BCUT2D eigenvalue weighted by atomic mass is 32.2. The first kappa shape index (κ1) is 10.7. The Balaban J connectivity index is 2.43. The summed E-state index contributed by atoms with van der Waals surface area (Å²) in [6.45, 7) is 2.08. The van der Waals surface area contributed by atoms with Gasteiger partial charge in [-0.15, -0.1) is 0 Å². The van der Waals surface area contributed by atoms with Crippen molar-refractivity contribution in [2.45, 2.75) is 11.7 Å². The summed E-state index contributed by atoms with van der Waals surface area (Å²) in [5.74, 6) is 0. The highest BCUT2D eigenvalue weighted by Crippen LogP contribution is 2.49. The monoisotopic (exact) mass is 242 g/mol. The summed E-state index contributed by atoms with van der Waals surface area (Å²) in [4.78, 5) is 0. The third kappa shape index (κ3) is 1.27. The molecule has 0 radical (unpaired) electrons. The van der Waals surface area contributed by atoms with Gasteiger partial charge in [-0.3, -0.25) is 4.21 Å². The van der Waals surface area contributed by atoms with Gasteiger partial charge in [0.2, 0.25) is 0 Å². The van der Waals surface area contributed by atoms with Gasteiger partial charge >= 0.3 is 0 Å². The Hall–Kier alpha value is -1.41. The molecule has 1 aliphatic rings. The molecule has 1 nitrogen and oxygen atoms in total. The van der Waals surface area contributed by atoms with E-state index in [1.807, 2.05) is 24.3 Å². The summed E-state index contributed by atoms with van der Waals surface area (Å²) >= 11 is 0. The minimum absolute atomic E-state index is 0.368. The fourth-order valence-corrected chi connectivity index (χ4v) is 3.70. The van der Waals surface area contributed by atoms with Crippen LogP contribution in [0, 0.1) is 0 Å². The Bertz CT molecular complexity index is 570. The zero-order chi connectivity index (χ0) is 12.0. The molecule has 86 valence electrons. The van der Waals surface area contributed by atoms with Gasteiger partial charge < -0.3 is 0 Å². The normalized spacial score (nSPS) is 17.3. The molecule has 1 unspecified atom stereocenters. The van der Waals surface area contributed by atoms with Crippen molar-refractivity contribution in [2.75, 3.05) is 6.26 Å². The van der Waals surface area contributed by atoms with E-state index >= 15 is 0 Å². The fourth-order valence-electron chi connectivity index (χ4n) is 2.72. The van der Waals surface area contributed by atoms with E-state index in [4.69, 9.17) is 0 Å². The summed E-state index contributed by atoms with van der Waals surface area (Å²) in [5.41, 5.74) is 4.81.